The summed E-state index contributed by atoms with van der Waals surface area (Å²) in [5.41, 5.74) is 1.91. The standard InChI is InChI=1S/C23H24FN3O2/c24-18-11-13-20(14-12-18)27-15-21(29-16-17-7-3-1-4-8-17)22(26-27)23(28)25-19-9-5-2-6-10-19/h1,3-4,7-8,11-15,19H,2,5-6,9-10,16H2,(H,25,28). The lowest BCUT2D eigenvalue weighted by atomic mass is 9.95. The Bertz CT molecular complexity index is 948. The Morgan fingerprint density at radius 1 is 1.07 bits per heavy atom. The zero-order valence-corrected chi connectivity index (χ0v) is 16.2. The van der Waals surface area contributed by atoms with Gasteiger partial charge in [-0.25, -0.2) is 9.07 Å². The molecule has 1 aromatic heterocycles. The Morgan fingerprint density at radius 2 is 1.79 bits per heavy atom. The van der Waals surface area contributed by atoms with Gasteiger partial charge in [0.1, 0.15) is 12.4 Å². The van der Waals surface area contributed by atoms with Crippen LogP contribution in [0.5, 0.6) is 5.75 Å². The highest BCUT2D eigenvalue weighted by atomic mass is 19.1. The van der Waals surface area contributed by atoms with Crippen LogP contribution < -0.4 is 10.1 Å². The Morgan fingerprint density at radius 3 is 2.52 bits per heavy atom. The van der Waals surface area contributed by atoms with Crippen molar-refractivity contribution < 1.29 is 13.9 Å². The van der Waals surface area contributed by atoms with Crippen molar-refractivity contribution in [2.75, 3.05) is 0 Å². The largest absolute Gasteiger partial charge is 0.485 e. The third-order valence-corrected chi connectivity index (χ3v) is 5.16. The number of aromatic nitrogens is 2. The topological polar surface area (TPSA) is 56.2 Å². The van der Waals surface area contributed by atoms with Gasteiger partial charge >= 0.3 is 0 Å². The van der Waals surface area contributed by atoms with Crippen molar-refractivity contribution in [1.29, 1.82) is 0 Å². The van der Waals surface area contributed by atoms with Crippen molar-refractivity contribution in [1.82, 2.24) is 15.1 Å². The van der Waals surface area contributed by atoms with E-state index in [1.807, 2.05) is 30.3 Å². The summed E-state index contributed by atoms with van der Waals surface area (Å²) in [4.78, 5) is 12.9. The van der Waals surface area contributed by atoms with Crippen LogP contribution in [0.25, 0.3) is 5.69 Å². The van der Waals surface area contributed by atoms with E-state index in [1.165, 1.54) is 18.6 Å². The van der Waals surface area contributed by atoms with Crippen LogP contribution in [0.1, 0.15) is 48.2 Å². The molecule has 1 aliphatic carbocycles. The van der Waals surface area contributed by atoms with E-state index in [9.17, 15) is 9.18 Å². The number of rotatable bonds is 6. The number of amides is 1. The molecule has 1 amide bonds. The number of benzene rings is 2. The monoisotopic (exact) mass is 393 g/mol. The van der Waals surface area contributed by atoms with Crippen LogP contribution in [0.15, 0.2) is 60.8 Å². The Kier molecular flexibility index (Phi) is 5.89. The molecule has 0 unspecified atom stereocenters. The number of carbonyl (C=O) groups excluding carboxylic acids is 1. The van der Waals surface area contributed by atoms with E-state index in [0.29, 0.717) is 18.0 Å². The minimum absolute atomic E-state index is 0.175. The van der Waals surface area contributed by atoms with E-state index in [1.54, 1.807) is 23.0 Å². The van der Waals surface area contributed by atoms with Crippen LogP contribution in [-0.2, 0) is 6.61 Å². The molecule has 0 aliphatic heterocycles. The van der Waals surface area contributed by atoms with Gasteiger partial charge in [-0.3, -0.25) is 4.79 Å². The lowest BCUT2D eigenvalue weighted by Gasteiger charge is -2.22. The highest BCUT2D eigenvalue weighted by Gasteiger charge is 2.23. The Hall–Kier alpha value is -3.15. The van der Waals surface area contributed by atoms with Crippen LogP contribution in [-0.4, -0.2) is 21.7 Å². The molecule has 0 bridgehead atoms. The molecule has 4 rings (SSSR count). The first-order valence-corrected chi connectivity index (χ1v) is 10.0. The van der Waals surface area contributed by atoms with Gasteiger partial charge in [0.25, 0.3) is 5.91 Å². The van der Waals surface area contributed by atoms with Crippen molar-refractivity contribution in [3.63, 3.8) is 0 Å². The summed E-state index contributed by atoms with van der Waals surface area (Å²) in [5.74, 6) is -0.149. The maximum Gasteiger partial charge on any atom is 0.275 e. The summed E-state index contributed by atoms with van der Waals surface area (Å²) in [7, 11) is 0. The number of carbonyl (C=O) groups is 1. The average Bonchev–Trinajstić information content (AvgIpc) is 3.19. The molecule has 29 heavy (non-hydrogen) atoms. The fourth-order valence-electron chi connectivity index (χ4n) is 3.58. The average molecular weight is 393 g/mol. The van der Waals surface area contributed by atoms with Gasteiger partial charge in [0, 0.05) is 6.04 Å². The first-order valence-electron chi connectivity index (χ1n) is 10.0. The van der Waals surface area contributed by atoms with Crippen LogP contribution in [0.2, 0.25) is 0 Å². The Labute approximate surface area is 169 Å². The van der Waals surface area contributed by atoms with Crippen molar-refractivity contribution in [3.05, 3.63) is 77.9 Å². The number of hydrogen-bond acceptors (Lipinski definition) is 3. The van der Waals surface area contributed by atoms with Crippen LogP contribution >= 0.6 is 0 Å². The van der Waals surface area contributed by atoms with E-state index in [0.717, 1.165) is 31.2 Å². The molecule has 1 aliphatic rings. The van der Waals surface area contributed by atoms with Gasteiger partial charge in [-0.05, 0) is 42.7 Å². The van der Waals surface area contributed by atoms with Gasteiger partial charge in [0.05, 0.1) is 11.9 Å². The molecule has 2 aromatic carbocycles. The lowest BCUT2D eigenvalue weighted by molar-refractivity contribution is 0.0917. The molecular weight excluding hydrogens is 369 g/mol. The van der Waals surface area contributed by atoms with Crippen molar-refractivity contribution >= 4 is 5.91 Å². The second-order valence-electron chi connectivity index (χ2n) is 7.35. The number of nitrogens with zero attached hydrogens (tertiary/aromatic N) is 2. The summed E-state index contributed by atoms with van der Waals surface area (Å²) in [6.07, 6.45) is 7.14. The van der Waals surface area contributed by atoms with Crippen molar-refractivity contribution in [2.24, 2.45) is 0 Å². The third-order valence-electron chi connectivity index (χ3n) is 5.16. The van der Waals surface area contributed by atoms with Gasteiger partial charge < -0.3 is 10.1 Å². The van der Waals surface area contributed by atoms with Crippen molar-refractivity contribution in [3.8, 4) is 11.4 Å². The van der Waals surface area contributed by atoms with Gasteiger partial charge in [-0.2, -0.15) is 5.10 Å². The summed E-state index contributed by atoms with van der Waals surface area (Å²) >= 11 is 0. The fraction of sp³-hybridized carbons (Fsp3) is 0.304. The molecule has 0 atom stereocenters. The molecule has 150 valence electrons. The number of nitrogens with one attached hydrogen (secondary N) is 1. The predicted octanol–water partition coefficient (Wildman–Crippen LogP) is 4.65. The van der Waals surface area contributed by atoms with E-state index in [2.05, 4.69) is 10.4 Å². The van der Waals surface area contributed by atoms with Crippen LogP contribution in [0.4, 0.5) is 4.39 Å². The smallest absolute Gasteiger partial charge is 0.275 e. The highest BCUT2D eigenvalue weighted by Crippen LogP contribution is 2.23. The number of halogens is 1. The van der Waals surface area contributed by atoms with Gasteiger partial charge in [0.15, 0.2) is 11.4 Å². The molecule has 1 N–H and O–H groups in total. The second kappa shape index (κ2) is 8.90. The second-order valence-corrected chi connectivity index (χ2v) is 7.35. The molecule has 6 heteroatoms. The SMILES string of the molecule is O=C(NC1CCCCC1)c1nn(-c2ccc(F)cc2)cc1OCc1ccccc1. The van der Waals surface area contributed by atoms with E-state index in [-0.39, 0.29) is 23.5 Å². The maximum atomic E-state index is 13.3. The molecule has 1 saturated carbocycles. The Balaban J connectivity index is 1.57. The lowest BCUT2D eigenvalue weighted by Crippen LogP contribution is -2.36. The van der Waals surface area contributed by atoms with E-state index < -0.39 is 0 Å². The first-order chi connectivity index (χ1) is 14.2. The molecule has 0 radical (unpaired) electrons. The normalized spacial score (nSPS) is 14.5. The van der Waals surface area contributed by atoms with E-state index >= 15 is 0 Å². The fourth-order valence-corrected chi connectivity index (χ4v) is 3.58. The van der Waals surface area contributed by atoms with Crippen molar-refractivity contribution in [2.45, 2.75) is 44.8 Å². The summed E-state index contributed by atoms with van der Waals surface area (Å²) < 4.78 is 20.8. The molecule has 0 saturated heterocycles. The third kappa shape index (κ3) is 4.83. The predicted molar refractivity (Wildman–Crippen MR) is 109 cm³/mol. The van der Waals surface area contributed by atoms with Crippen LogP contribution in [0, 0.1) is 5.82 Å². The molecular formula is C23H24FN3O2. The molecule has 1 fully saturated rings. The van der Waals surface area contributed by atoms with Crippen LogP contribution in [0.3, 0.4) is 0 Å². The number of ether oxygens (including phenoxy) is 1. The summed E-state index contributed by atoms with van der Waals surface area (Å²) in [6, 6.07) is 15.9. The molecule has 1 heterocycles. The van der Waals surface area contributed by atoms with E-state index in [4.69, 9.17) is 4.74 Å². The van der Waals surface area contributed by atoms with Gasteiger partial charge in [-0.15, -0.1) is 0 Å². The minimum atomic E-state index is -0.322. The zero-order chi connectivity index (χ0) is 20.1. The first kappa shape index (κ1) is 19.2. The maximum absolute atomic E-state index is 13.3. The highest BCUT2D eigenvalue weighted by molar-refractivity contribution is 5.95. The quantitative estimate of drug-likeness (QED) is 0.663. The number of hydrogen-bond donors (Lipinski definition) is 1. The molecule has 0 spiro atoms. The summed E-state index contributed by atoms with van der Waals surface area (Å²) in [6.45, 7) is 0.333. The minimum Gasteiger partial charge on any atom is -0.485 e. The van der Waals surface area contributed by atoms with Gasteiger partial charge in [-0.1, -0.05) is 49.6 Å². The molecule has 3 aromatic rings. The zero-order valence-electron chi connectivity index (χ0n) is 16.2. The summed E-state index contributed by atoms with van der Waals surface area (Å²) in [5, 5.41) is 7.54. The van der Waals surface area contributed by atoms with Gasteiger partial charge in [0.2, 0.25) is 0 Å². The molecule has 5 nitrogen and oxygen atoms in total.